The molecule has 5 heteroatoms. The van der Waals surface area contributed by atoms with Gasteiger partial charge < -0.3 is 5.73 Å². The molecule has 2 rings (SSSR count). The maximum absolute atomic E-state index is 12.7. The third-order valence-corrected chi connectivity index (χ3v) is 6.23. The predicted octanol–water partition coefficient (Wildman–Crippen LogP) is 3.07. The van der Waals surface area contributed by atoms with Gasteiger partial charge in [0.1, 0.15) is 0 Å². The lowest BCUT2D eigenvalue weighted by atomic mass is 9.78. The van der Waals surface area contributed by atoms with Crippen LogP contribution in [-0.2, 0) is 10.0 Å². The molecule has 0 aliphatic heterocycles. The van der Waals surface area contributed by atoms with Gasteiger partial charge in [-0.2, -0.15) is 0 Å². The fourth-order valence-corrected chi connectivity index (χ4v) is 4.89. The smallest absolute Gasteiger partial charge is 0.241 e. The predicted molar refractivity (Wildman–Crippen MR) is 86.5 cm³/mol. The minimum Gasteiger partial charge on any atom is -0.398 e. The largest absolute Gasteiger partial charge is 0.398 e. The van der Waals surface area contributed by atoms with E-state index >= 15 is 0 Å². The standard InChI is InChI=1S/C16H26N2O2S/c1-11(2)13-7-4-5-9-15(13)18-21(19,20)16-10-6-8-14(17)12(16)3/h6,8,10-11,13,15,18H,4-5,7,9,17H2,1-3H3. The third-order valence-electron chi connectivity index (χ3n) is 4.60. The lowest BCUT2D eigenvalue weighted by Gasteiger charge is -2.34. The van der Waals surface area contributed by atoms with Crippen molar-refractivity contribution in [1.82, 2.24) is 4.72 Å². The second-order valence-corrected chi connectivity index (χ2v) is 8.07. The highest BCUT2D eigenvalue weighted by atomic mass is 32.2. The summed E-state index contributed by atoms with van der Waals surface area (Å²) in [7, 11) is -3.51. The van der Waals surface area contributed by atoms with Crippen molar-refractivity contribution in [2.75, 3.05) is 5.73 Å². The van der Waals surface area contributed by atoms with Gasteiger partial charge in [0, 0.05) is 11.7 Å². The van der Waals surface area contributed by atoms with Crippen molar-refractivity contribution in [2.24, 2.45) is 11.8 Å². The molecule has 1 aliphatic carbocycles. The molecule has 1 aliphatic rings. The maximum Gasteiger partial charge on any atom is 0.241 e. The molecule has 2 unspecified atom stereocenters. The Morgan fingerprint density at radius 3 is 2.57 bits per heavy atom. The zero-order valence-corrected chi connectivity index (χ0v) is 13.9. The first-order valence-electron chi connectivity index (χ1n) is 7.70. The Kier molecular flexibility index (Phi) is 4.94. The van der Waals surface area contributed by atoms with Crippen LogP contribution < -0.4 is 10.5 Å². The van der Waals surface area contributed by atoms with Crippen molar-refractivity contribution in [3.8, 4) is 0 Å². The van der Waals surface area contributed by atoms with Crippen molar-refractivity contribution in [3.63, 3.8) is 0 Å². The van der Waals surface area contributed by atoms with E-state index in [4.69, 9.17) is 5.73 Å². The molecular formula is C16H26N2O2S. The van der Waals surface area contributed by atoms with E-state index in [0.29, 0.717) is 28.0 Å². The average Bonchev–Trinajstić information content (AvgIpc) is 2.41. The first-order valence-corrected chi connectivity index (χ1v) is 9.18. The van der Waals surface area contributed by atoms with Crippen LogP contribution in [0.5, 0.6) is 0 Å². The third kappa shape index (κ3) is 3.58. The monoisotopic (exact) mass is 310 g/mol. The van der Waals surface area contributed by atoms with E-state index < -0.39 is 10.0 Å². The Morgan fingerprint density at radius 1 is 1.24 bits per heavy atom. The SMILES string of the molecule is Cc1c(N)cccc1S(=O)(=O)NC1CCCCC1C(C)C. The lowest BCUT2D eigenvalue weighted by Crippen LogP contribution is -2.44. The van der Waals surface area contributed by atoms with Crippen LogP contribution in [0.3, 0.4) is 0 Å². The van der Waals surface area contributed by atoms with Gasteiger partial charge in [0.25, 0.3) is 0 Å². The molecule has 0 aromatic heterocycles. The highest BCUT2D eigenvalue weighted by Crippen LogP contribution is 2.31. The molecule has 118 valence electrons. The highest BCUT2D eigenvalue weighted by molar-refractivity contribution is 7.89. The topological polar surface area (TPSA) is 72.2 Å². The number of nitrogens with one attached hydrogen (secondary N) is 1. The van der Waals surface area contributed by atoms with Gasteiger partial charge in [0.05, 0.1) is 4.90 Å². The number of rotatable bonds is 4. The van der Waals surface area contributed by atoms with Gasteiger partial charge in [-0.3, -0.25) is 0 Å². The normalized spacial score (nSPS) is 23.4. The summed E-state index contributed by atoms with van der Waals surface area (Å²) >= 11 is 0. The molecule has 0 saturated heterocycles. The van der Waals surface area contributed by atoms with E-state index in [-0.39, 0.29) is 6.04 Å². The Bertz CT molecular complexity index is 596. The molecule has 21 heavy (non-hydrogen) atoms. The van der Waals surface area contributed by atoms with Gasteiger partial charge in [-0.1, -0.05) is 32.8 Å². The zero-order valence-electron chi connectivity index (χ0n) is 13.1. The van der Waals surface area contributed by atoms with Gasteiger partial charge in [0.15, 0.2) is 0 Å². The summed E-state index contributed by atoms with van der Waals surface area (Å²) in [5, 5.41) is 0. The molecule has 0 radical (unpaired) electrons. The second kappa shape index (κ2) is 6.36. The number of sulfonamides is 1. The van der Waals surface area contributed by atoms with Crippen LogP contribution >= 0.6 is 0 Å². The Labute approximate surface area is 128 Å². The van der Waals surface area contributed by atoms with Crippen molar-refractivity contribution in [3.05, 3.63) is 23.8 Å². The Balaban J connectivity index is 2.26. The summed E-state index contributed by atoms with van der Waals surface area (Å²) < 4.78 is 28.3. The van der Waals surface area contributed by atoms with Gasteiger partial charge in [0.2, 0.25) is 10.0 Å². The zero-order chi connectivity index (χ0) is 15.6. The molecule has 3 N–H and O–H groups in total. The first kappa shape index (κ1) is 16.3. The molecule has 0 bridgehead atoms. The average molecular weight is 310 g/mol. The number of benzene rings is 1. The number of hydrogen-bond donors (Lipinski definition) is 2. The first-order chi connectivity index (χ1) is 9.83. The molecule has 1 fully saturated rings. The van der Waals surface area contributed by atoms with E-state index in [0.717, 1.165) is 19.3 Å². The van der Waals surface area contributed by atoms with E-state index in [2.05, 4.69) is 18.6 Å². The minimum absolute atomic E-state index is 0.0320. The molecule has 1 aromatic rings. The van der Waals surface area contributed by atoms with Crippen LogP contribution in [0, 0.1) is 18.8 Å². The fraction of sp³-hybridized carbons (Fsp3) is 0.625. The van der Waals surface area contributed by atoms with E-state index in [9.17, 15) is 8.42 Å². The summed E-state index contributed by atoms with van der Waals surface area (Å²) in [5.41, 5.74) is 6.98. The molecule has 2 atom stereocenters. The summed E-state index contributed by atoms with van der Waals surface area (Å²) in [6.07, 6.45) is 4.30. The van der Waals surface area contributed by atoms with Crippen LogP contribution in [0.2, 0.25) is 0 Å². The maximum atomic E-state index is 12.7. The fourth-order valence-electron chi connectivity index (χ4n) is 3.29. The van der Waals surface area contributed by atoms with E-state index in [1.165, 1.54) is 6.42 Å². The summed E-state index contributed by atoms with van der Waals surface area (Å²) in [6.45, 7) is 6.09. The van der Waals surface area contributed by atoms with Crippen LogP contribution in [0.25, 0.3) is 0 Å². The second-order valence-electron chi connectivity index (χ2n) is 6.39. The van der Waals surface area contributed by atoms with Gasteiger partial charge in [-0.15, -0.1) is 0 Å². The molecule has 1 aromatic carbocycles. The molecular weight excluding hydrogens is 284 g/mol. The van der Waals surface area contributed by atoms with Crippen molar-refractivity contribution in [2.45, 2.75) is 57.4 Å². The highest BCUT2D eigenvalue weighted by Gasteiger charge is 2.31. The van der Waals surface area contributed by atoms with Crippen LogP contribution in [0.4, 0.5) is 5.69 Å². The molecule has 4 nitrogen and oxygen atoms in total. The summed E-state index contributed by atoms with van der Waals surface area (Å²) in [5.74, 6) is 0.898. The van der Waals surface area contributed by atoms with Crippen LogP contribution in [0.15, 0.2) is 23.1 Å². The lowest BCUT2D eigenvalue weighted by molar-refractivity contribution is 0.226. The number of hydrogen-bond acceptors (Lipinski definition) is 3. The summed E-state index contributed by atoms with van der Waals surface area (Å²) in [6, 6.07) is 5.08. The Hall–Kier alpha value is -1.07. The van der Waals surface area contributed by atoms with Gasteiger partial charge >= 0.3 is 0 Å². The minimum atomic E-state index is -3.51. The molecule has 0 spiro atoms. The van der Waals surface area contributed by atoms with Crippen LogP contribution in [0.1, 0.15) is 45.1 Å². The number of nitrogens with two attached hydrogens (primary N) is 1. The molecule has 0 heterocycles. The quantitative estimate of drug-likeness (QED) is 0.840. The number of nitrogen functional groups attached to an aromatic ring is 1. The van der Waals surface area contributed by atoms with Gasteiger partial charge in [-0.25, -0.2) is 13.1 Å². The summed E-state index contributed by atoms with van der Waals surface area (Å²) in [4.78, 5) is 0.301. The van der Waals surface area contributed by atoms with Gasteiger partial charge in [-0.05, 0) is 49.3 Å². The van der Waals surface area contributed by atoms with E-state index in [1.807, 2.05) is 0 Å². The van der Waals surface area contributed by atoms with Crippen molar-refractivity contribution < 1.29 is 8.42 Å². The van der Waals surface area contributed by atoms with Crippen molar-refractivity contribution >= 4 is 15.7 Å². The molecule has 0 amide bonds. The molecule has 1 saturated carbocycles. The van der Waals surface area contributed by atoms with E-state index in [1.54, 1.807) is 25.1 Å². The van der Waals surface area contributed by atoms with Crippen LogP contribution in [-0.4, -0.2) is 14.5 Å². The Morgan fingerprint density at radius 2 is 1.90 bits per heavy atom. The number of anilines is 1. The van der Waals surface area contributed by atoms with Crippen molar-refractivity contribution in [1.29, 1.82) is 0 Å².